The fraction of sp³-hybridized carbons (Fsp3) is 0.577. The molecular weight excluding hydrogens is 490 g/mol. The zero-order chi connectivity index (χ0) is 27.1. The van der Waals surface area contributed by atoms with Crippen LogP contribution in [0.1, 0.15) is 49.1 Å². The van der Waals surface area contributed by atoms with Gasteiger partial charge in [-0.25, -0.2) is 14.6 Å². The highest BCUT2D eigenvalue weighted by Crippen LogP contribution is 2.26. The molecule has 2 aromatic rings. The number of amides is 3. The van der Waals surface area contributed by atoms with Crippen LogP contribution in [0.15, 0.2) is 24.4 Å². The molecule has 0 radical (unpaired) electrons. The van der Waals surface area contributed by atoms with E-state index in [2.05, 4.69) is 32.1 Å². The molecule has 3 amide bonds. The molecule has 38 heavy (non-hydrogen) atoms. The molecule has 4 heterocycles. The van der Waals surface area contributed by atoms with Gasteiger partial charge in [-0.2, -0.15) is 5.10 Å². The summed E-state index contributed by atoms with van der Waals surface area (Å²) >= 11 is 0. The van der Waals surface area contributed by atoms with Crippen molar-refractivity contribution in [1.82, 2.24) is 30.3 Å². The van der Waals surface area contributed by atoms with Gasteiger partial charge in [0.1, 0.15) is 5.82 Å². The van der Waals surface area contributed by atoms with Crippen molar-refractivity contribution >= 4 is 23.7 Å². The minimum atomic E-state index is -1.65. The van der Waals surface area contributed by atoms with E-state index in [1.54, 1.807) is 15.8 Å². The second-order valence-corrected chi connectivity index (χ2v) is 10.1. The Morgan fingerprint density at radius 2 is 2.00 bits per heavy atom. The van der Waals surface area contributed by atoms with Crippen LogP contribution in [0.25, 0.3) is 0 Å². The van der Waals surface area contributed by atoms with Crippen molar-refractivity contribution in [1.29, 1.82) is 0 Å². The second-order valence-electron chi connectivity index (χ2n) is 10.1. The molecule has 12 nitrogen and oxygen atoms in total. The van der Waals surface area contributed by atoms with Crippen LogP contribution in [0.4, 0.5) is 10.6 Å². The summed E-state index contributed by atoms with van der Waals surface area (Å²) in [5.74, 6) is -0.826. The van der Waals surface area contributed by atoms with Crippen molar-refractivity contribution in [2.24, 2.45) is 0 Å². The highest BCUT2D eigenvalue weighted by molar-refractivity contribution is 5.84. The number of carbonyl (C=O) groups is 3. The number of nitrogens with zero attached hydrogens (tertiary/aromatic N) is 4. The smallest absolute Gasteiger partial charge is 0.329 e. The number of aliphatic carboxylic acids is 1. The SMILES string of the molecule is Cc1ccnn1CCC(=O)NC(C(=O)O)C1(O)CCN(C(=O)NCCCc2ccc3c(n2)NCCC3)CC1. The van der Waals surface area contributed by atoms with Crippen LogP contribution < -0.4 is 16.0 Å². The molecule has 0 spiro atoms. The lowest BCUT2D eigenvalue weighted by Gasteiger charge is -2.41. The topological polar surface area (TPSA) is 162 Å². The van der Waals surface area contributed by atoms with Crippen molar-refractivity contribution in [2.75, 3.05) is 31.5 Å². The van der Waals surface area contributed by atoms with E-state index in [4.69, 9.17) is 0 Å². The zero-order valence-corrected chi connectivity index (χ0v) is 21.8. The predicted molar refractivity (Wildman–Crippen MR) is 140 cm³/mol. The van der Waals surface area contributed by atoms with Gasteiger partial charge < -0.3 is 31.1 Å². The van der Waals surface area contributed by atoms with Crippen LogP contribution >= 0.6 is 0 Å². The number of carbonyl (C=O) groups excluding carboxylic acids is 2. The van der Waals surface area contributed by atoms with Gasteiger partial charge in [-0.1, -0.05) is 6.07 Å². The summed E-state index contributed by atoms with van der Waals surface area (Å²) in [6.45, 7) is 3.97. The minimum Gasteiger partial charge on any atom is -0.480 e. The van der Waals surface area contributed by atoms with Crippen LogP contribution in [0, 0.1) is 6.92 Å². The molecule has 2 aromatic heterocycles. The summed E-state index contributed by atoms with van der Waals surface area (Å²) in [5, 5.41) is 33.6. The number of hydrogen-bond acceptors (Lipinski definition) is 7. The number of rotatable bonds is 10. The summed E-state index contributed by atoms with van der Waals surface area (Å²) in [4.78, 5) is 43.2. The van der Waals surface area contributed by atoms with Gasteiger partial charge in [-0.3, -0.25) is 9.48 Å². The lowest BCUT2D eigenvalue weighted by molar-refractivity contribution is -0.153. The average molecular weight is 528 g/mol. The van der Waals surface area contributed by atoms with Gasteiger partial charge in [-0.05, 0) is 63.1 Å². The number of carboxylic acid groups (broad SMARTS) is 1. The maximum atomic E-state index is 12.6. The first-order chi connectivity index (χ1) is 18.2. The maximum Gasteiger partial charge on any atom is 0.329 e. The van der Waals surface area contributed by atoms with Crippen LogP contribution in [-0.4, -0.2) is 85.6 Å². The van der Waals surface area contributed by atoms with E-state index in [0.29, 0.717) is 13.1 Å². The number of aryl methyl sites for hydroxylation is 4. The third-order valence-corrected chi connectivity index (χ3v) is 7.32. The van der Waals surface area contributed by atoms with E-state index in [-0.39, 0.29) is 38.4 Å². The quantitative estimate of drug-likeness (QED) is 0.287. The summed E-state index contributed by atoms with van der Waals surface area (Å²) in [7, 11) is 0. The molecule has 2 aliphatic heterocycles. The monoisotopic (exact) mass is 527 g/mol. The lowest BCUT2D eigenvalue weighted by atomic mass is 9.84. The lowest BCUT2D eigenvalue weighted by Crippen LogP contribution is -2.62. The molecule has 2 aliphatic rings. The van der Waals surface area contributed by atoms with Crippen LogP contribution in [0.2, 0.25) is 0 Å². The molecule has 0 aliphatic carbocycles. The van der Waals surface area contributed by atoms with Crippen molar-refractivity contribution in [2.45, 2.75) is 70.1 Å². The number of carboxylic acids is 1. The van der Waals surface area contributed by atoms with E-state index in [9.17, 15) is 24.6 Å². The van der Waals surface area contributed by atoms with E-state index in [0.717, 1.165) is 49.4 Å². The Morgan fingerprint density at radius 1 is 1.21 bits per heavy atom. The number of pyridine rings is 1. The number of aliphatic hydroxyl groups is 1. The summed E-state index contributed by atoms with van der Waals surface area (Å²) in [6, 6.07) is 4.25. The zero-order valence-electron chi connectivity index (χ0n) is 21.8. The van der Waals surface area contributed by atoms with Gasteiger partial charge >= 0.3 is 12.0 Å². The number of nitrogens with one attached hydrogen (secondary N) is 3. The molecule has 5 N–H and O–H groups in total. The Bertz CT molecular complexity index is 1140. The van der Waals surface area contributed by atoms with Gasteiger partial charge in [-0.15, -0.1) is 0 Å². The Labute approximate surface area is 221 Å². The van der Waals surface area contributed by atoms with Gasteiger partial charge in [0, 0.05) is 56.7 Å². The molecule has 0 saturated carbocycles. The van der Waals surface area contributed by atoms with Crippen molar-refractivity contribution < 1.29 is 24.6 Å². The largest absolute Gasteiger partial charge is 0.480 e. The Hall–Kier alpha value is -3.67. The van der Waals surface area contributed by atoms with E-state index < -0.39 is 23.5 Å². The molecule has 0 bridgehead atoms. The first-order valence-corrected chi connectivity index (χ1v) is 13.2. The first-order valence-electron chi connectivity index (χ1n) is 13.2. The summed E-state index contributed by atoms with van der Waals surface area (Å²) in [6.07, 6.45) is 5.39. The number of likely N-dealkylation sites (tertiary alicyclic amines) is 1. The number of piperidine rings is 1. The van der Waals surface area contributed by atoms with Crippen molar-refractivity contribution in [3.05, 3.63) is 41.3 Å². The van der Waals surface area contributed by atoms with Crippen LogP contribution in [-0.2, 0) is 29.0 Å². The molecule has 4 rings (SSSR count). The third kappa shape index (κ3) is 6.80. The standard InChI is InChI=1S/C26H37N7O5/c1-18-8-14-29-33(18)15-9-21(34)31-22(24(35)36)26(38)10-16-32(17-11-26)25(37)28-13-3-5-20-7-6-19-4-2-12-27-23(19)30-20/h6-8,14,22,38H,2-5,9-13,15-17H2,1H3,(H,27,30)(H,28,37)(H,31,34)(H,35,36). The van der Waals surface area contributed by atoms with E-state index in [1.165, 1.54) is 5.56 Å². The van der Waals surface area contributed by atoms with Gasteiger partial charge in [0.15, 0.2) is 6.04 Å². The molecule has 0 aromatic carbocycles. The van der Waals surface area contributed by atoms with E-state index >= 15 is 0 Å². The van der Waals surface area contributed by atoms with Gasteiger partial charge in [0.25, 0.3) is 0 Å². The fourth-order valence-electron chi connectivity index (χ4n) is 4.97. The Morgan fingerprint density at radius 3 is 2.71 bits per heavy atom. The molecular formula is C26H37N7O5. The minimum absolute atomic E-state index is 0.0361. The van der Waals surface area contributed by atoms with Crippen LogP contribution in [0.3, 0.4) is 0 Å². The number of hydrogen-bond donors (Lipinski definition) is 5. The molecule has 206 valence electrons. The van der Waals surface area contributed by atoms with E-state index in [1.807, 2.05) is 19.1 Å². The van der Waals surface area contributed by atoms with Crippen molar-refractivity contribution in [3.63, 3.8) is 0 Å². The van der Waals surface area contributed by atoms with Crippen LogP contribution in [0.5, 0.6) is 0 Å². The highest BCUT2D eigenvalue weighted by atomic mass is 16.4. The molecule has 12 heteroatoms. The molecule has 1 atom stereocenters. The third-order valence-electron chi connectivity index (χ3n) is 7.32. The maximum absolute atomic E-state index is 12.6. The van der Waals surface area contributed by atoms with Gasteiger partial charge in [0.2, 0.25) is 5.91 Å². The second kappa shape index (κ2) is 12.2. The average Bonchev–Trinajstić information content (AvgIpc) is 3.33. The molecule has 1 saturated heterocycles. The summed E-state index contributed by atoms with van der Waals surface area (Å²) < 4.78 is 1.65. The summed E-state index contributed by atoms with van der Waals surface area (Å²) in [5.41, 5.74) is 1.47. The Balaban J connectivity index is 1.20. The Kier molecular flexibility index (Phi) is 8.82. The highest BCUT2D eigenvalue weighted by Gasteiger charge is 2.45. The normalized spacial score (nSPS) is 17.2. The number of fused-ring (bicyclic) bond motifs is 1. The number of anilines is 1. The molecule has 1 fully saturated rings. The first kappa shape index (κ1) is 27.4. The van der Waals surface area contributed by atoms with Crippen molar-refractivity contribution in [3.8, 4) is 0 Å². The van der Waals surface area contributed by atoms with Gasteiger partial charge in [0.05, 0.1) is 5.60 Å². The number of aromatic nitrogens is 3. The fourth-order valence-corrected chi connectivity index (χ4v) is 4.97. The molecule has 1 unspecified atom stereocenters. The predicted octanol–water partition coefficient (Wildman–Crippen LogP) is 1.07. The number of urea groups is 1.